The topological polar surface area (TPSA) is 95.5 Å². The lowest BCUT2D eigenvalue weighted by atomic mass is 9.96. The van der Waals surface area contributed by atoms with Crippen molar-refractivity contribution in [2.24, 2.45) is 5.41 Å². The predicted molar refractivity (Wildman–Crippen MR) is 74.5 cm³/mol. The van der Waals surface area contributed by atoms with Crippen molar-refractivity contribution in [1.29, 1.82) is 0 Å². The Labute approximate surface area is 117 Å². The molecular weight excluding hydrogens is 260 g/mol. The van der Waals surface area contributed by atoms with Crippen molar-refractivity contribution in [3.8, 4) is 0 Å². The summed E-state index contributed by atoms with van der Waals surface area (Å²) in [6.07, 6.45) is 0. The van der Waals surface area contributed by atoms with Crippen LogP contribution in [-0.4, -0.2) is 29.4 Å². The van der Waals surface area contributed by atoms with Crippen LogP contribution in [0, 0.1) is 5.41 Å². The van der Waals surface area contributed by atoms with Gasteiger partial charge in [-0.3, -0.25) is 9.59 Å². The average Bonchev–Trinajstić information content (AvgIpc) is 2.35. The van der Waals surface area contributed by atoms with Gasteiger partial charge in [-0.1, -0.05) is 26.8 Å². The summed E-state index contributed by atoms with van der Waals surface area (Å²) in [6, 6.07) is 5.90. The highest BCUT2D eigenvalue weighted by molar-refractivity contribution is 5.96. The molecule has 0 aliphatic rings. The molecule has 0 radical (unpaired) electrons. The van der Waals surface area contributed by atoms with Crippen LogP contribution >= 0.6 is 0 Å². The van der Waals surface area contributed by atoms with Gasteiger partial charge in [0.2, 0.25) is 11.8 Å². The van der Waals surface area contributed by atoms with E-state index in [4.69, 9.17) is 5.11 Å². The van der Waals surface area contributed by atoms with Crippen molar-refractivity contribution in [2.75, 3.05) is 11.9 Å². The van der Waals surface area contributed by atoms with Crippen molar-refractivity contribution in [3.63, 3.8) is 0 Å². The minimum Gasteiger partial charge on any atom is -0.478 e. The number of anilines is 1. The third-order valence-corrected chi connectivity index (χ3v) is 2.48. The Morgan fingerprint density at radius 1 is 1.20 bits per heavy atom. The van der Waals surface area contributed by atoms with Gasteiger partial charge in [-0.05, 0) is 18.2 Å². The van der Waals surface area contributed by atoms with Gasteiger partial charge in [0.1, 0.15) is 0 Å². The van der Waals surface area contributed by atoms with E-state index in [1.54, 1.807) is 26.8 Å². The van der Waals surface area contributed by atoms with Gasteiger partial charge in [0.25, 0.3) is 0 Å². The molecule has 0 saturated carbocycles. The van der Waals surface area contributed by atoms with Crippen LogP contribution in [0.25, 0.3) is 0 Å². The van der Waals surface area contributed by atoms with Gasteiger partial charge in [0.05, 0.1) is 12.1 Å². The molecule has 0 heterocycles. The summed E-state index contributed by atoms with van der Waals surface area (Å²) in [5, 5.41) is 13.9. The Kier molecular flexibility index (Phi) is 4.85. The molecule has 0 saturated heterocycles. The second-order valence-electron chi connectivity index (χ2n) is 5.37. The van der Waals surface area contributed by atoms with Crippen LogP contribution < -0.4 is 10.6 Å². The van der Waals surface area contributed by atoms with Crippen LogP contribution in [0.1, 0.15) is 31.1 Å². The number of carbonyl (C=O) groups excluding carboxylic acids is 2. The molecular formula is C14H18N2O4. The van der Waals surface area contributed by atoms with Crippen LogP contribution in [-0.2, 0) is 9.59 Å². The molecule has 0 spiro atoms. The Balaban J connectivity index is 2.57. The van der Waals surface area contributed by atoms with Crippen molar-refractivity contribution in [2.45, 2.75) is 20.8 Å². The van der Waals surface area contributed by atoms with Gasteiger partial charge in [0, 0.05) is 11.1 Å². The predicted octanol–water partition coefficient (Wildman–Crippen LogP) is 1.49. The molecule has 3 N–H and O–H groups in total. The van der Waals surface area contributed by atoms with E-state index in [-0.39, 0.29) is 18.0 Å². The zero-order valence-electron chi connectivity index (χ0n) is 11.7. The first-order valence-electron chi connectivity index (χ1n) is 6.11. The first kappa shape index (κ1) is 15.7. The average molecular weight is 278 g/mol. The highest BCUT2D eigenvalue weighted by Crippen LogP contribution is 2.12. The number of hydrogen-bond donors (Lipinski definition) is 3. The summed E-state index contributed by atoms with van der Waals surface area (Å²) in [5.74, 6) is -1.71. The summed E-state index contributed by atoms with van der Waals surface area (Å²) in [4.78, 5) is 34.0. The lowest BCUT2D eigenvalue weighted by Crippen LogP contribution is -2.39. The summed E-state index contributed by atoms with van der Waals surface area (Å²) in [5.41, 5.74) is -0.106. The van der Waals surface area contributed by atoms with Crippen molar-refractivity contribution in [3.05, 3.63) is 29.8 Å². The normalized spacial score (nSPS) is 10.8. The molecule has 2 amide bonds. The Morgan fingerprint density at radius 3 is 2.40 bits per heavy atom. The molecule has 1 aromatic rings. The number of rotatable bonds is 4. The number of carbonyl (C=O) groups is 3. The van der Waals surface area contributed by atoms with Gasteiger partial charge < -0.3 is 15.7 Å². The summed E-state index contributed by atoms with van der Waals surface area (Å²) in [7, 11) is 0. The Hall–Kier alpha value is -2.37. The SMILES string of the molecule is CC(C)(C)C(=O)NCC(=O)Nc1cccc(C(=O)O)c1. The lowest BCUT2D eigenvalue weighted by molar-refractivity contribution is -0.130. The first-order valence-corrected chi connectivity index (χ1v) is 6.11. The van der Waals surface area contributed by atoms with Crippen LogP contribution in [0.3, 0.4) is 0 Å². The third kappa shape index (κ3) is 4.72. The van der Waals surface area contributed by atoms with E-state index in [2.05, 4.69) is 10.6 Å². The van der Waals surface area contributed by atoms with Crippen LogP contribution in [0.2, 0.25) is 0 Å². The molecule has 6 nitrogen and oxygen atoms in total. The highest BCUT2D eigenvalue weighted by Gasteiger charge is 2.21. The molecule has 1 aromatic carbocycles. The number of carboxylic acid groups (broad SMARTS) is 1. The number of amides is 2. The third-order valence-electron chi connectivity index (χ3n) is 2.48. The van der Waals surface area contributed by atoms with Crippen molar-refractivity contribution < 1.29 is 19.5 Å². The van der Waals surface area contributed by atoms with Crippen LogP contribution in [0.4, 0.5) is 5.69 Å². The lowest BCUT2D eigenvalue weighted by Gasteiger charge is -2.17. The molecule has 0 atom stereocenters. The zero-order chi connectivity index (χ0) is 15.3. The zero-order valence-corrected chi connectivity index (χ0v) is 11.7. The smallest absolute Gasteiger partial charge is 0.335 e. The standard InChI is InChI=1S/C14H18N2O4/c1-14(2,3)13(20)15-8-11(17)16-10-6-4-5-9(7-10)12(18)19/h4-7H,8H2,1-3H3,(H,15,20)(H,16,17)(H,18,19). The Morgan fingerprint density at radius 2 is 1.85 bits per heavy atom. The molecule has 1 rings (SSSR count). The summed E-state index contributed by atoms with van der Waals surface area (Å²) in [6.45, 7) is 5.08. The molecule has 0 aliphatic heterocycles. The molecule has 0 unspecified atom stereocenters. The van der Waals surface area contributed by atoms with Gasteiger partial charge in [-0.2, -0.15) is 0 Å². The largest absolute Gasteiger partial charge is 0.478 e. The quantitative estimate of drug-likeness (QED) is 0.777. The molecule has 6 heteroatoms. The van der Waals surface area contributed by atoms with E-state index in [9.17, 15) is 14.4 Å². The fraction of sp³-hybridized carbons (Fsp3) is 0.357. The summed E-state index contributed by atoms with van der Waals surface area (Å²) >= 11 is 0. The van der Waals surface area contributed by atoms with Crippen LogP contribution in [0.15, 0.2) is 24.3 Å². The van der Waals surface area contributed by atoms with Crippen molar-refractivity contribution >= 4 is 23.5 Å². The fourth-order valence-corrected chi connectivity index (χ4v) is 1.36. The maximum atomic E-state index is 11.7. The monoisotopic (exact) mass is 278 g/mol. The van der Waals surface area contributed by atoms with Crippen LogP contribution in [0.5, 0.6) is 0 Å². The second kappa shape index (κ2) is 6.18. The van der Waals surface area contributed by atoms with Gasteiger partial charge in [0.15, 0.2) is 0 Å². The van der Waals surface area contributed by atoms with Crippen molar-refractivity contribution in [1.82, 2.24) is 5.32 Å². The fourth-order valence-electron chi connectivity index (χ4n) is 1.36. The molecule has 108 valence electrons. The van der Waals surface area contributed by atoms with E-state index in [1.165, 1.54) is 18.2 Å². The van der Waals surface area contributed by atoms with Gasteiger partial charge >= 0.3 is 5.97 Å². The number of benzene rings is 1. The highest BCUT2D eigenvalue weighted by atomic mass is 16.4. The maximum Gasteiger partial charge on any atom is 0.335 e. The number of nitrogens with one attached hydrogen (secondary N) is 2. The second-order valence-corrected chi connectivity index (χ2v) is 5.37. The molecule has 0 bridgehead atoms. The van der Waals surface area contributed by atoms with E-state index in [0.717, 1.165) is 0 Å². The van der Waals surface area contributed by atoms with E-state index < -0.39 is 17.3 Å². The van der Waals surface area contributed by atoms with E-state index >= 15 is 0 Å². The van der Waals surface area contributed by atoms with Gasteiger partial charge in [-0.25, -0.2) is 4.79 Å². The molecule has 0 aliphatic carbocycles. The van der Waals surface area contributed by atoms with Gasteiger partial charge in [-0.15, -0.1) is 0 Å². The summed E-state index contributed by atoms with van der Waals surface area (Å²) < 4.78 is 0. The molecule has 0 aromatic heterocycles. The maximum absolute atomic E-state index is 11.7. The minimum absolute atomic E-state index is 0.0847. The minimum atomic E-state index is -1.07. The number of aromatic carboxylic acids is 1. The Bertz CT molecular complexity index is 532. The first-order chi connectivity index (χ1) is 9.20. The molecule has 0 fully saturated rings. The number of carboxylic acids is 1. The van der Waals surface area contributed by atoms with E-state index in [0.29, 0.717) is 5.69 Å². The number of hydrogen-bond acceptors (Lipinski definition) is 3. The molecule has 20 heavy (non-hydrogen) atoms. The van der Waals surface area contributed by atoms with E-state index in [1.807, 2.05) is 0 Å².